The Hall–Kier alpha value is -1.39. The van der Waals surface area contributed by atoms with Gasteiger partial charge in [0.2, 0.25) is 5.91 Å². The van der Waals surface area contributed by atoms with Gasteiger partial charge in [-0.15, -0.1) is 12.4 Å². The number of hydrogen-bond donors (Lipinski definition) is 0. The fourth-order valence-corrected chi connectivity index (χ4v) is 5.88. The van der Waals surface area contributed by atoms with Crippen LogP contribution in [0.1, 0.15) is 86.2 Å². The van der Waals surface area contributed by atoms with Crippen LogP contribution in [0.15, 0.2) is 18.2 Å². The first-order chi connectivity index (χ1) is 15.1. The Kier molecular flexibility index (Phi) is 9.61. The number of Topliss-reactive ketones (excluding diaryl/α,β-unsaturated/α-hetero) is 1. The Morgan fingerprint density at radius 2 is 1.56 bits per heavy atom. The van der Waals surface area contributed by atoms with Crippen molar-refractivity contribution in [3.05, 3.63) is 34.9 Å². The number of carbonyl (C=O) groups is 2. The van der Waals surface area contributed by atoms with Crippen LogP contribution in [0, 0.1) is 11.8 Å². The summed E-state index contributed by atoms with van der Waals surface area (Å²) in [6, 6.07) is 6.48. The van der Waals surface area contributed by atoms with Gasteiger partial charge in [-0.25, -0.2) is 0 Å². The highest BCUT2D eigenvalue weighted by atomic mass is 35.5. The minimum Gasteiger partial charge on any atom is -0.343 e. The van der Waals surface area contributed by atoms with Gasteiger partial charge in [0, 0.05) is 51.6 Å². The summed E-state index contributed by atoms with van der Waals surface area (Å²) in [6.45, 7) is 6.92. The molecule has 1 aromatic carbocycles. The van der Waals surface area contributed by atoms with E-state index >= 15 is 0 Å². The zero-order chi connectivity index (χ0) is 21.6. The van der Waals surface area contributed by atoms with Crippen molar-refractivity contribution in [2.24, 2.45) is 11.8 Å². The molecule has 4 rings (SSSR count). The van der Waals surface area contributed by atoms with Crippen molar-refractivity contribution in [1.82, 2.24) is 9.80 Å². The van der Waals surface area contributed by atoms with Crippen LogP contribution < -0.4 is 0 Å². The number of piperidine rings is 1. The van der Waals surface area contributed by atoms with E-state index in [4.69, 9.17) is 0 Å². The van der Waals surface area contributed by atoms with Crippen molar-refractivity contribution in [1.29, 1.82) is 0 Å². The topological polar surface area (TPSA) is 40.6 Å². The Bertz CT molecular complexity index is 767. The van der Waals surface area contributed by atoms with Crippen molar-refractivity contribution >= 4 is 24.1 Å². The first-order valence-corrected chi connectivity index (χ1v) is 12.7. The van der Waals surface area contributed by atoms with Crippen molar-refractivity contribution < 1.29 is 9.59 Å². The fourth-order valence-electron chi connectivity index (χ4n) is 5.88. The van der Waals surface area contributed by atoms with Crippen LogP contribution in [-0.4, -0.2) is 54.2 Å². The van der Waals surface area contributed by atoms with Gasteiger partial charge in [-0.1, -0.05) is 31.4 Å². The molecule has 0 bridgehead atoms. The molecule has 1 aromatic rings. The zero-order valence-corrected chi connectivity index (χ0v) is 20.6. The highest BCUT2D eigenvalue weighted by molar-refractivity contribution is 5.96. The van der Waals surface area contributed by atoms with E-state index in [1.165, 1.54) is 49.8 Å². The van der Waals surface area contributed by atoms with E-state index in [1.54, 1.807) is 6.92 Å². The third-order valence-electron chi connectivity index (χ3n) is 8.00. The maximum atomic E-state index is 12.9. The van der Waals surface area contributed by atoms with E-state index in [0.717, 1.165) is 69.8 Å². The number of amides is 1. The van der Waals surface area contributed by atoms with Gasteiger partial charge in [0.25, 0.3) is 0 Å². The molecule has 4 nitrogen and oxygen atoms in total. The number of benzene rings is 1. The van der Waals surface area contributed by atoms with Gasteiger partial charge in [-0.05, 0) is 74.0 Å². The lowest BCUT2D eigenvalue weighted by atomic mass is 9.89. The first kappa shape index (κ1) is 25.2. The van der Waals surface area contributed by atoms with Crippen LogP contribution in [0.25, 0.3) is 0 Å². The van der Waals surface area contributed by atoms with Crippen LogP contribution in [0.2, 0.25) is 0 Å². The van der Waals surface area contributed by atoms with E-state index in [-0.39, 0.29) is 18.3 Å². The molecule has 2 aliphatic heterocycles. The quantitative estimate of drug-likeness (QED) is 0.540. The minimum atomic E-state index is 0. The van der Waals surface area contributed by atoms with Crippen molar-refractivity contribution in [2.45, 2.75) is 77.6 Å². The molecule has 3 aliphatic rings. The number of carbonyl (C=O) groups excluding carboxylic acids is 2. The number of likely N-dealkylation sites (tertiary alicyclic amines) is 1. The lowest BCUT2D eigenvalue weighted by molar-refractivity contribution is -0.130. The molecule has 178 valence electrons. The monoisotopic (exact) mass is 460 g/mol. The van der Waals surface area contributed by atoms with E-state index in [1.807, 2.05) is 4.90 Å². The molecule has 0 atom stereocenters. The minimum absolute atomic E-state index is 0. The molecule has 2 fully saturated rings. The summed E-state index contributed by atoms with van der Waals surface area (Å²) in [6.07, 6.45) is 12.9. The Labute approximate surface area is 200 Å². The normalized spacial score (nSPS) is 20.8. The third-order valence-corrected chi connectivity index (χ3v) is 8.00. The summed E-state index contributed by atoms with van der Waals surface area (Å²) >= 11 is 0. The molecule has 0 unspecified atom stereocenters. The standard InChI is InChI=1S/C27H40N2O2.ClH/c1-21(30)29-17-11-22(12-18-29)7-10-27(31)26-9-8-24-13-15-28(16-14-25(24)19-26)20-23-5-3-2-4-6-23;/h8-9,19,22-23H,2-7,10-18,20H2,1H3;1H. The molecule has 32 heavy (non-hydrogen) atoms. The van der Waals surface area contributed by atoms with Crippen molar-refractivity contribution in [3.8, 4) is 0 Å². The summed E-state index contributed by atoms with van der Waals surface area (Å²) in [4.78, 5) is 29.0. The Balaban J connectivity index is 0.00000289. The van der Waals surface area contributed by atoms with Gasteiger partial charge in [0.1, 0.15) is 0 Å². The van der Waals surface area contributed by atoms with Crippen molar-refractivity contribution in [2.75, 3.05) is 32.7 Å². The number of ketones is 1. The average molecular weight is 461 g/mol. The van der Waals surface area contributed by atoms with Gasteiger partial charge < -0.3 is 9.80 Å². The van der Waals surface area contributed by atoms with Crippen LogP contribution in [-0.2, 0) is 17.6 Å². The summed E-state index contributed by atoms with van der Waals surface area (Å²) < 4.78 is 0. The molecule has 0 N–H and O–H groups in total. The molecule has 0 spiro atoms. The second-order valence-electron chi connectivity index (χ2n) is 10.2. The van der Waals surface area contributed by atoms with E-state index in [2.05, 4.69) is 23.1 Å². The van der Waals surface area contributed by atoms with Gasteiger partial charge in [0.15, 0.2) is 5.78 Å². The second-order valence-corrected chi connectivity index (χ2v) is 10.2. The molecule has 2 heterocycles. The number of fused-ring (bicyclic) bond motifs is 1. The highest BCUT2D eigenvalue weighted by Gasteiger charge is 2.23. The molecule has 1 amide bonds. The summed E-state index contributed by atoms with van der Waals surface area (Å²) in [7, 11) is 0. The molecule has 0 aromatic heterocycles. The molecule has 1 aliphatic carbocycles. The van der Waals surface area contributed by atoms with E-state index < -0.39 is 0 Å². The largest absolute Gasteiger partial charge is 0.343 e. The highest BCUT2D eigenvalue weighted by Crippen LogP contribution is 2.27. The SMILES string of the molecule is CC(=O)N1CCC(CCC(=O)c2ccc3c(c2)CCN(CC2CCCCC2)CC3)CC1.Cl. The smallest absolute Gasteiger partial charge is 0.219 e. The van der Waals surface area contributed by atoms with Crippen molar-refractivity contribution in [3.63, 3.8) is 0 Å². The number of rotatable bonds is 6. The number of nitrogens with zero attached hydrogens (tertiary/aromatic N) is 2. The summed E-state index contributed by atoms with van der Waals surface area (Å²) in [5.74, 6) is 1.94. The first-order valence-electron chi connectivity index (χ1n) is 12.7. The lowest BCUT2D eigenvalue weighted by Crippen LogP contribution is -2.37. The Morgan fingerprint density at radius 1 is 0.875 bits per heavy atom. The van der Waals surface area contributed by atoms with E-state index in [0.29, 0.717) is 18.1 Å². The number of halogens is 1. The summed E-state index contributed by atoms with van der Waals surface area (Å²) in [5, 5.41) is 0. The predicted octanol–water partition coefficient (Wildman–Crippen LogP) is 5.31. The second kappa shape index (κ2) is 12.2. The molecule has 1 saturated heterocycles. The fraction of sp³-hybridized carbons (Fsp3) is 0.704. The van der Waals surface area contributed by atoms with E-state index in [9.17, 15) is 9.59 Å². The molecule has 0 radical (unpaired) electrons. The van der Waals surface area contributed by atoms with Crippen LogP contribution in [0.3, 0.4) is 0 Å². The molecule has 5 heteroatoms. The lowest BCUT2D eigenvalue weighted by Gasteiger charge is -2.31. The molecular formula is C27H41ClN2O2. The third kappa shape index (κ3) is 6.81. The van der Waals surface area contributed by atoms with Gasteiger partial charge in [0.05, 0.1) is 0 Å². The van der Waals surface area contributed by atoms with Crippen LogP contribution in [0.4, 0.5) is 0 Å². The molecule has 1 saturated carbocycles. The summed E-state index contributed by atoms with van der Waals surface area (Å²) in [5.41, 5.74) is 3.74. The van der Waals surface area contributed by atoms with Gasteiger partial charge in [-0.3, -0.25) is 9.59 Å². The maximum absolute atomic E-state index is 12.9. The zero-order valence-electron chi connectivity index (χ0n) is 19.8. The average Bonchev–Trinajstić information content (AvgIpc) is 3.00. The Morgan fingerprint density at radius 3 is 2.25 bits per heavy atom. The van der Waals surface area contributed by atoms with Crippen LogP contribution >= 0.6 is 12.4 Å². The maximum Gasteiger partial charge on any atom is 0.219 e. The van der Waals surface area contributed by atoms with Crippen LogP contribution in [0.5, 0.6) is 0 Å². The predicted molar refractivity (Wildman–Crippen MR) is 133 cm³/mol. The van der Waals surface area contributed by atoms with Gasteiger partial charge >= 0.3 is 0 Å². The number of hydrogen-bond acceptors (Lipinski definition) is 3. The van der Waals surface area contributed by atoms with Gasteiger partial charge in [-0.2, -0.15) is 0 Å². The molecular weight excluding hydrogens is 420 g/mol.